The van der Waals surface area contributed by atoms with E-state index in [-0.39, 0.29) is 0 Å². The third-order valence-corrected chi connectivity index (χ3v) is 5.28. The summed E-state index contributed by atoms with van der Waals surface area (Å²) in [6.45, 7) is 10.6. The summed E-state index contributed by atoms with van der Waals surface area (Å²) < 4.78 is 0. The summed E-state index contributed by atoms with van der Waals surface area (Å²) in [5.41, 5.74) is 4.59. The summed E-state index contributed by atoms with van der Waals surface area (Å²) >= 11 is 0. The fraction of sp³-hybridized carbons (Fsp3) is 0.684. The van der Waals surface area contributed by atoms with E-state index >= 15 is 0 Å². The first-order valence-corrected chi connectivity index (χ1v) is 8.71. The van der Waals surface area contributed by atoms with E-state index in [9.17, 15) is 0 Å². The molecule has 0 aromatic heterocycles. The summed E-state index contributed by atoms with van der Waals surface area (Å²) in [5.74, 6) is 0.829. The van der Waals surface area contributed by atoms with Gasteiger partial charge < -0.3 is 5.32 Å². The molecule has 0 amide bonds. The third-order valence-electron chi connectivity index (χ3n) is 5.28. The molecule has 0 spiro atoms. The normalized spacial score (nSPS) is 25.6. The monoisotopic (exact) mass is 286 g/mol. The molecule has 3 rings (SSSR count). The second-order valence-corrected chi connectivity index (χ2v) is 7.26. The second kappa shape index (κ2) is 6.50. The molecule has 1 heterocycles. The van der Waals surface area contributed by atoms with E-state index in [4.69, 9.17) is 0 Å². The highest BCUT2D eigenvalue weighted by Gasteiger charge is 2.31. The summed E-state index contributed by atoms with van der Waals surface area (Å²) in [6.07, 6.45) is 5.30. The molecule has 116 valence electrons. The molecule has 1 saturated heterocycles. The van der Waals surface area contributed by atoms with Crippen LogP contribution in [0.1, 0.15) is 55.8 Å². The Morgan fingerprint density at radius 1 is 1.29 bits per heavy atom. The van der Waals surface area contributed by atoms with Crippen LogP contribution in [0, 0.1) is 12.8 Å². The van der Waals surface area contributed by atoms with Crippen molar-refractivity contribution in [3.05, 3.63) is 34.9 Å². The van der Waals surface area contributed by atoms with Gasteiger partial charge in [0, 0.05) is 18.6 Å². The first-order valence-electron chi connectivity index (χ1n) is 8.71. The molecule has 1 N–H and O–H groups in total. The second-order valence-electron chi connectivity index (χ2n) is 7.26. The largest absolute Gasteiger partial charge is 0.316 e. The molecule has 2 atom stereocenters. The van der Waals surface area contributed by atoms with Gasteiger partial charge in [0.2, 0.25) is 0 Å². The standard InChI is InChI=1S/C19H30N2/c1-14(2)21(13-16-5-4-10-20-12-16)19-9-8-17-7-6-15(3)11-18(17)19/h6-7,11,14,16,19-20H,4-5,8-10,12-13H2,1-3H3. The smallest absolute Gasteiger partial charge is 0.0356 e. The minimum absolute atomic E-state index is 0.628. The number of hydrogen-bond donors (Lipinski definition) is 1. The van der Waals surface area contributed by atoms with Gasteiger partial charge in [-0.15, -0.1) is 0 Å². The zero-order valence-corrected chi connectivity index (χ0v) is 13.9. The van der Waals surface area contributed by atoms with Gasteiger partial charge in [-0.05, 0) is 76.6 Å². The number of nitrogens with zero attached hydrogens (tertiary/aromatic N) is 1. The maximum atomic E-state index is 3.57. The van der Waals surface area contributed by atoms with Crippen LogP contribution in [0.4, 0.5) is 0 Å². The molecule has 2 aliphatic rings. The number of rotatable bonds is 4. The van der Waals surface area contributed by atoms with Crippen LogP contribution in [0.25, 0.3) is 0 Å². The summed E-state index contributed by atoms with van der Waals surface area (Å²) in [5, 5.41) is 3.57. The lowest BCUT2D eigenvalue weighted by atomic mass is 9.96. The van der Waals surface area contributed by atoms with E-state index < -0.39 is 0 Å². The molecular formula is C19H30N2. The number of fused-ring (bicyclic) bond motifs is 1. The number of benzene rings is 1. The lowest BCUT2D eigenvalue weighted by Gasteiger charge is -2.37. The van der Waals surface area contributed by atoms with Gasteiger partial charge in [0.05, 0.1) is 0 Å². The fourth-order valence-corrected chi connectivity index (χ4v) is 4.12. The number of nitrogens with one attached hydrogen (secondary N) is 1. The molecule has 2 nitrogen and oxygen atoms in total. The maximum Gasteiger partial charge on any atom is 0.0356 e. The molecule has 1 fully saturated rings. The van der Waals surface area contributed by atoms with E-state index in [0.717, 1.165) is 5.92 Å². The highest BCUT2D eigenvalue weighted by Crippen LogP contribution is 2.38. The summed E-state index contributed by atoms with van der Waals surface area (Å²) in [6, 6.07) is 8.32. The molecular weight excluding hydrogens is 256 g/mol. The van der Waals surface area contributed by atoms with Gasteiger partial charge in [-0.2, -0.15) is 0 Å². The Hall–Kier alpha value is -0.860. The predicted molar refractivity (Wildman–Crippen MR) is 89.7 cm³/mol. The fourth-order valence-electron chi connectivity index (χ4n) is 4.12. The molecule has 0 saturated carbocycles. The van der Waals surface area contributed by atoms with Gasteiger partial charge in [0.15, 0.2) is 0 Å². The lowest BCUT2D eigenvalue weighted by molar-refractivity contribution is 0.117. The SMILES string of the molecule is Cc1ccc2c(c1)C(N(CC1CCCNC1)C(C)C)CC2. The van der Waals surface area contributed by atoms with Gasteiger partial charge in [-0.3, -0.25) is 4.90 Å². The average molecular weight is 286 g/mol. The molecule has 0 bridgehead atoms. The predicted octanol–water partition coefficient (Wildman–Crippen LogP) is 3.69. The van der Waals surface area contributed by atoms with Crippen molar-refractivity contribution in [2.24, 2.45) is 5.92 Å². The number of aryl methyl sites for hydroxylation is 2. The highest BCUT2D eigenvalue weighted by molar-refractivity contribution is 5.37. The number of piperidine rings is 1. The number of hydrogen-bond acceptors (Lipinski definition) is 2. The zero-order chi connectivity index (χ0) is 14.8. The molecule has 2 heteroatoms. The van der Waals surface area contributed by atoms with Crippen molar-refractivity contribution < 1.29 is 0 Å². The average Bonchev–Trinajstić information content (AvgIpc) is 2.88. The van der Waals surface area contributed by atoms with Gasteiger partial charge in [-0.25, -0.2) is 0 Å². The van der Waals surface area contributed by atoms with Crippen molar-refractivity contribution in [3.8, 4) is 0 Å². The zero-order valence-electron chi connectivity index (χ0n) is 13.9. The Morgan fingerprint density at radius 2 is 2.14 bits per heavy atom. The van der Waals surface area contributed by atoms with Gasteiger partial charge in [-0.1, -0.05) is 23.8 Å². The van der Waals surface area contributed by atoms with Crippen molar-refractivity contribution in [2.45, 2.75) is 58.5 Å². The Morgan fingerprint density at radius 3 is 2.86 bits per heavy atom. The topological polar surface area (TPSA) is 15.3 Å². The van der Waals surface area contributed by atoms with E-state index in [1.54, 1.807) is 11.1 Å². The lowest BCUT2D eigenvalue weighted by Crippen LogP contribution is -2.42. The van der Waals surface area contributed by atoms with Crippen LogP contribution < -0.4 is 5.32 Å². The Balaban J connectivity index is 1.77. The Bertz CT molecular complexity index is 474. The Labute approximate surface area is 129 Å². The summed E-state index contributed by atoms with van der Waals surface area (Å²) in [4.78, 5) is 2.77. The molecule has 1 aromatic rings. The molecule has 21 heavy (non-hydrogen) atoms. The highest BCUT2D eigenvalue weighted by atomic mass is 15.2. The molecule has 0 radical (unpaired) electrons. The Kier molecular flexibility index (Phi) is 4.66. The van der Waals surface area contributed by atoms with Crippen molar-refractivity contribution in [1.29, 1.82) is 0 Å². The molecule has 1 aliphatic carbocycles. The minimum atomic E-state index is 0.628. The van der Waals surface area contributed by atoms with Crippen molar-refractivity contribution in [2.75, 3.05) is 19.6 Å². The van der Waals surface area contributed by atoms with Crippen molar-refractivity contribution in [1.82, 2.24) is 10.2 Å². The van der Waals surface area contributed by atoms with E-state index in [1.807, 2.05) is 0 Å². The van der Waals surface area contributed by atoms with Crippen molar-refractivity contribution >= 4 is 0 Å². The van der Waals surface area contributed by atoms with Gasteiger partial charge in [0.1, 0.15) is 0 Å². The quantitative estimate of drug-likeness (QED) is 0.908. The van der Waals surface area contributed by atoms with Crippen molar-refractivity contribution in [3.63, 3.8) is 0 Å². The third kappa shape index (κ3) is 3.32. The van der Waals surface area contributed by atoms with Crippen LogP contribution in [-0.4, -0.2) is 30.6 Å². The van der Waals surface area contributed by atoms with Gasteiger partial charge >= 0.3 is 0 Å². The first kappa shape index (κ1) is 15.1. The van der Waals surface area contributed by atoms with Crippen LogP contribution in [0.15, 0.2) is 18.2 Å². The first-order chi connectivity index (χ1) is 10.1. The van der Waals surface area contributed by atoms with Gasteiger partial charge in [0.25, 0.3) is 0 Å². The maximum absolute atomic E-state index is 3.57. The minimum Gasteiger partial charge on any atom is -0.316 e. The van der Waals surface area contributed by atoms with Crippen LogP contribution >= 0.6 is 0 Å². The summed E-state index contributed by atoms with van der Waals surface area (Å²) in [7, 11) is 0. The van der Waals surface area contributed by atoms with E-state index in [1.165, 1.54) is 50.9 Å². The van der Waals surface area contributed by atoms with E-state index in [2.05, 4.69) is 49.2 Å². The molecule has 1 aliphatic heterocycles. The molecule has 2 unspecified atom stereocenters. The van der Waals surface area contributed by atoms with Crippen LogP contribution in [0.5, 0.6) is 0 Å². The van der Waals surface area contributed by atoms with Crippen LogP contribution in [0.3, 0.4) is 0 Å². The van der Waals surface area contributed by atoms with Crippen LogP contribution in [-0.2, 0) is 6.42 Å². The molecule has 1 aromatic carbocycles. The van der Waals surface area contributed by atoms with Crippen LogP contribution in [0.2, 0.25) is 0 Å². The van der Waals surface area contributed by atoms with E-state index in [0.29, 0.717) is 12.1 Å².